The lowest BCUT2D eigenvalue weighted by Crippen LogP contribution is -2.23. The Bertz CT molecular complexity index is 751. The topological polar surface area (TPSA) is 110 Å². The summed E-state index contributed by atoms with van der Waals surface area (Å²) >= 11 is 0. The summed E-state index contributed by atoms with van der Waals surface area (Å²) in [5.41, 5.74) is 0.432. The Balaban J connectivity index is 1.63. The van der Waals surface area contributed by atoms with Gasteiger partial charge in [-0.05, 0) is 18.2 Å². The molecule has 1 aliphatic rings. The molecule has 0 bridgehead atoms. The maximum Gasteiger partial charge on any atom is 0.260 e. The molecule has 1 atom stereocenters. The summed E-state index contributed by atoms with van der Waals surface area (Å²) in [5.74, 6) is -0.858. The highest BCUT2D eigenvalue weighted by molar-refractivity contribution is 5.97. The van der Waals surface area contributed by atoms with Crippen LogP contribution in [0.4, 0.5) is 0 Å². The van der Waals surface area contributed by atoms with Crippen molar-refractivity contribution in [2.24, 2.45) is 4.99 Å². The highest BCUT2D eigenvalue weighted by atomic mass is 16.5. The van der Waals surface area contributed by atoms with Gasteiger partial charge < -0.3 is 9.84 Å². The number of nitrogens with one attached hydrogen (secondary N) is 1. The zero-order chi connectivity index (χ0) is 15.4. The van der Waals surface area contributed by atoms with Crippen LogP contribution in [0.5, 0.6) is 0 Å². The number of pyridine rings is 1. The molecule has 8 nitrogen and oxygen atoms in total. The standard InChI is InChI=1S/C14H11N5O3/c20-13(9-3-1-5-15-7-9)17-8-11-18-12(19-22-11)10-4-2-6-16-14(10)21/h1-7,10H,8H2,(H,17,20). The molecule has 8 heteroatoms. The van der Waals surface area contributed by atoms with E-state index in [0.29, 0.717) is 5.56 Å². The number of aromatic nitrogens is 3. The van der Waals surface area contributed by atoms with E-state index in [9.17, 15) is 9.59 Å². The van der Waals surface area contributed by atoms with Gasteiger partial charge in [0, 0.05) is 18.6 Å². The van der Waals surface area contributed by atoms with Crippen LogP contribution in [0.2, 0.25) is 0 Å². The van der Waals surface area contributed by atoms with Crippen LogP contribution in [0, 0.1) is 0 Å². The van der Waals surface area contributed by atoms with E-state index in [-0.39, 0.29) is 30.1 Å². The van der Waals surface area contributed by atoms with Crippen LogP contribution in [-0.2, 0) is 11.3 Å². The third-order valence-corrected chi connectivity index (χ3v) is 2.94. The van der Waals surface area contributed by atoms with Gasteiger partial charge >= 0.3 is 0 Å². The fourth-order valence-corrected chi connectivity index (χ4v) is 1.86. The van der Waals surface area contributed by atoms with Crippen LogP contribution in [0.25, 0.3) is 0 Å². The van der Waals surface area contributed by atoms with Crippen LogP contribution < -0.4 is 5.32 Å². The molecule has 0 saturated heterocycles. The summed E-state index contributed by atoms with van der Waals surface area (Å²) in [6.07, 6.45) is 7.73. The number of hydrogen-bond donors (Lipinski definition) is 1. The van der Waals surface area contributed by atoms with Crippen molar-refractivity contribution in [1.82, 2.24) is 20.4 Å². The molecule has 0 aliphatic carbocycles. The highest BCUT2D eigenvalue weighted by Gasteiger charge is 2.24. The Morgan fingerprint density at radius 3 is 3.09 bits per heavy atom. The van der Waals surface area contributed by atoms with Crippen molar-refractivity contribution in [2.75, 3.05) is 0 Å². The number of hydrogen-bond acceptors (Lipinski definition) is 6. The molecule has 2 amide bonds. The molecule has 2 aromatic heterocycles. The molecule has 2 aromatic rings. The van der Waals surface area contributed by atoms with Gasteiger partial charge in [-0.1, -0.05) is 11.2 Å². The van der Waals surface area contributed by atoms with Gasteiger partial charge in [0.2, 0.25) is 5.89 Å². The molecule has 0 saturated carbocycles. The Morgan fingerprint density at radius 2 is 2.32 bits per heavy atom. The average Bonchev–Trinajstić information content (AvgIpc) is 3.02. The van der Waals surface area contributed by atoms with Gasteiger partial charge in [-0.2, -0.15) is 4.98 Å². The van der Waals surface area contributed by atoms with Crippen molar-refractivity contribution in [3.8, 4) is 0 Å². The molecule has 1 N–H and O–H groups in total. The normalized spacial score (nSPS) is 16.7. The van der Waals surface area contributed by atoms with Crippen LogP contribution in [0.15, 0.2) is 46.2 Å². The number of nitrogens with zero attached hydrogens (tertiary/aromatic N) is 4. The summed E-state index contributed by atoms with van der Waals surface area (Å²) in [6.45, 7) is 0.0641. The van der Waals surface area contributed by atoms with Crippen molar-refractivity contribution in [3.05, 3.63) is 54.0 Å². The first-order valence-corrected chi connectivity index (χ1v) is 6.49. The Hall–Kier alpha value is -3.16. The van der Waals surface area contributed by atoms with Crippen LogP contribution >= 0.6 is 0 Å². The van der Waals surface area contributed by atoms with Crippen LogP contribution in [0.1, 0.15) is 28.0 Å². The first-order chi connectivity index (χ1) is 10.7. The van der Waals surface area contributed by atoms with E-state index in [0.717, 1.165) is 0 Å². The predicted molar refractivity (Wildman–Crippen MR) is 75.1 cm³/mol. The summed E-state index contributed by atoms with van der Waals surface area (Å²) in [7, 11) is 0. The Kier molecular flexibility index (Phi) is 3.82. The molecule has 3 heterocycles. The lowest BCUT2D eigenvalue weighted by Gasteiger charge is -2.04. The smallest absolute Gasteiger partial charge is 0.260 e. The van der Waals surface area contributed by atoms with Gasteiger partial charge in [-0.3, -0.25) is 14.6 Å². The molecular formula is C14H11N5O3. The number of rotatable bonds is 4. The lowest BCUT2D eigenvalue weighted by atomic mass is 10.1. The Morgan fingerprint density at radius 1 is 1.41 bits per heavy atom. The van der Waals surface area contributed by atoms with Crippen LogP contribution in [0.3, 0.4) is 0 Å². The van der Waals surface area contributed by atoms with E-state index in [1.165, 1.54) is 12.4 Å². The zero-order valence-corrected chi connectivity index (χ0v) is 11.3. The second-order valence-electron chi connectivity index (χ2n) is 4.45. The first kappa shape index (κ1) is 13.8. The fraction of sp³-hybridized carbons (Fsp3) is 0.143. The van der Waals surface area contributed by atoms with Crippen molar-refractivity contribution >= 4 is 18.0 Å². The monoisotopic (exact) mass is 297 g/mol. The third kappa shape index (κ3) is 2.95. The molecular weight excluding hydrogens is 286 g/mol. The van der Waals surface area contributed by atoms with Crippen molar-refractivity contribution < 1.29 is 14.1 Å². The van der Waals surface area contributed by atoms with Crippen molar-refractivity contribution in [1.29, 1.82) is 0 Å². The maximum absolute atomic E-state index is 11.9. The van der Waals surface area contributed by atoms with E-state index in [1.54, 1.807) is 30.5 Å². The van der Waals surface area contributed by atoms with E-state index in [4.69, 9.17) is 4.52 Å². The zero-order valence-electron chi connectivity index (χ0n) is 11.3. The second kappa shape index (κ2) is 6.08. The van der Waals surface area contributed by atoms with E-state index >= 15 is 0 Å². The minimum atomic E-state index is -0.642. The minimum absolute atomic E-state index is 0.0641. The summed E-state index contributed by atoms with van der Waals surface area (Å²) in [5, 5.41) is 6.38. The molecule has 1 unspecified atom stereocenters. The number of allylic oxidation sites excluding steroid dienone is 1. The highest BCUT2D eigenvalue weighted by Crippen LogP contribution is 2.17. The fourth-order valence-electron chi connectivity index (χ4n) is 1.86. The summed E-state index contributed by atoms with van der Waals surface area (Å²) in [6, 6.07) is 3.31. The predicted octanol–water partition coefficient (Wildman–Crippen LogP) is 0.645. The van der Waals surface area contributed by atoms with Crippen molar-refractivity contribution in [2.45, 2.75) is 12.5 Å². The number of dihydropyridines is 1. The molecule has 0 aromatic carbocycles. The SMILES string of the molecule is O=C(NCc1nc(C2C=CC=NC2=O)no1)c1cccnc1. The quantitative estimate of drug-likeness (QED) is 0.886. The van der Waals surface area contributed by atoms with Gasteiger partial charge in [0.15, 0.2) is 5.82 Å². The lowest BCUT2D eigenvalue weighted by molar-refractivity contribution is -0.118. The van der Waals surface area contributed by atoms with E-state index in [2.05, 4.69) is 25.4 Å². The number of aliphatic imine (C=N–C) groups is 1. The molecule has 22 heavy (non-hydrogen) atoms. The van der Waals surface area contributed by atoms with E-state index < -0.39 is 5.92 Å². The molecule has 0 radical (unpaired) electrons. The summed E-state index contributed by atoms with van der Waals surface area (Å²) in [4.78, 5) is 35.1. The third-order valence-electron chi connectivity index (χ3n) is 2.94. The van der Waals surface area contributed by atoms with Gasteiger partial charge in [-0.25, -0.2) is 4.99 Å². The molecule has 0 fully saturated rings. The number of amides is 2. The second-order valence-corrected chi connectivity index (χ2v) is 4.45. The minimum Gasteiger partial charge on any atom is -0.343 e. The molecule has 1 aliphatic heterocycles. The molecule has 110 valence electrons. The number of carbonyl (C=O) groups is 2. The average molecular weight is 297 g/mol. The van der Waals surface area contributed by atoms with Gasteiger partial charge in [0.25, 0.3) is 11.8 Å². The van der Waals surface area contributed by atoms with Crippen LogP contribution in [-0.4, -0.2) is 33.2 Å². The molecule has 0 spiro atoms. The maximum atomic E-state index is 11.9. The van der Waals surface area contributed by atoms with Gasteiger partial charge in [-0.15, -0.1) is 0 Å². The van der Waals surface area contributed by atoms with Crippen molar-refractivity contribution in [3.63, 3.8) is 0 Å². The molecule has 3 rings (SSSR count). The Labute approximate surface area is 125 Å². The first-order valence-electron chi connectivity index (χ1n) is 6.49. The van der Waals surface area contributed by atoms with Gasteiger partial charge in [0.1, 0.15) is 5.92 Å². The number of carbonyl (C=O) groups excluding carboxylic acids is 2. The summed E-state index contributed by atoms with van der Waals surface area (Å²) < 4.78 is 5.02. The largest absolute Gasteiger partial charge is 0.343 e. The van der Waals surface area contributed by atoms with E-state index in [1.807, 2.05) is 0 Å². The van der Waals surface area contributed by atoms with Gasteiger partial charge in [0.05, 0.1) is 12.1 Å².